The highest BCUT2D eigenvalue weighted by Crippen LogP contribution is 2.17. The lowest BCUT2D eigenvalue weighted by atomic mass is 10.3. The third kappa shape index (κ3) is 1.79. The summed E-state index contributed by atoms with van der Waals surface area (Å²) in [5, 5.41) is 0. The second kappa shape index (κ2) is 2.97. The monoisotopic (exact) mass is 193 g/mol. The number of nitrogens with zero attached hydrogens (tertiary/aromatic N) is 1. The second-order valence-electron chi connectivity index (χ2n) is 1.26. The van der Waals surface area contributed by atoms with Crippen LogP contribution in [0, 0.1) is 0 Å². The average Bonchev–Trinajstić information content (AvgIpc) is 2.18. The Kier molecular flexibility index (Phi) is 0.599. The Hall–Kier alpha value is -0.370. The molecule has 0 amide bonds. The van der Waals surface area contributed by atoms with Crippen molar-refractivity contribution in [1.82, 2.24) is 4.98 Å². The van der Waals surface area contributed by atoms with Gasteiger partial charge < -0.3 is 0 Å². The van der Waals surface area contributed by atoms with Gasteiger partial charge in [-0.05, 0) is 18.9 Å². The van der Waals surface area contributed by atoms with Crippen LogP contribution in [0.25, 0.3) is 0 Å². The fourth-order valence-electron chi connectivity index (χ4n) is 0.334. The zero-order valence-electron chi connectivity index (χ0n) is 12.3. The van der Waals surface area contributed by atoms with Crippen molar-refractivity contribution in [3.63, 3.8) is 0 Å². The first kappa shape index (κ1) is 1.82. The quantitative estimate of drug-likeness (QED) is 0.626. The fraction of sp³-hybridized carbons (Fsp3) is 0.286. The molecule has 0 saturated heterocycles. The third-order valence-corrected chi connectivity index (χ3v) is 1.05. The molecule has 0 spiro atoms. The lowest BCUT2D eigenvalue weighted by Crippen LogP contribution is -1.85. The predicted octanol–water partition coefficient (Wildman–Crippen LogP) is 2.54. The summed E-state index contributed by atoms with van der Waals surface area (Å²) in [6.07, 6.45) is -0.624. The molecule has 0 radical (unpaired) electrons. The van der Waals surface area contributed by atoms with Crippen LogP contribution < -0.4 is 0 Å². The molecule has 0 bridgehead atoms. The van der Waals surface area contributed by atoms with Gasteiger partial charge in [-0.3, -0.25) is 4.98 Å². The molecule has 1 atom stereocenters. The van der Waals surface area contributed by atoms with Crippen LogP contribution in [0.3, 0.4) is 0 Å². The molecule has 1 unspecified atom stereocenters. The Labute approximate surface area is 74.5 Å². The topological polar surface area (TPSA) is 12.9 Å². The molecule has 0 fully saturated rings. The molecule has 1 aromatic rings. The summed E-state index contributed by atoms with van der Waals surface area (Å²) < 4.78 is 58.6. The molecule has 0 aliphatic heterocycles. The van der Waals surface area contributed by atoms with Crippen LogP contribution in [-0.2, 0) is 0 Å². The highest BCUT2D eigenvalue weighted by molar-refractivity contribution is 9.09. The van der Waals surface area contributed by atoms with E-state index in [0.29, 0.717) is 0 Å². The number of hydrogen-bond acceptors (Lipinski definition) is 1. The molecule has 0 saturated carbocycles. The Balaban J connectivity index is 3.54. The van der Waals surface area contributed by atoms with Crippen LogP contribution in [0.4, 0.5) is 0 Å². The van der Waals surface area contributed by atoms with Gasteiger partial charge in [0.1, 0.15) is 0 Å². The minimum absolute atomic E-state index is 0.552. The van der Waals surface area contributed by atoms with E-state index in [9.17, 15) is 0 Å². The molecule has 1 rings (SSSR count). The van der Waals surface area contributed by atoms with Crippen molar-refractivity contribution >= 4 is 15.9 Å². The Morgan fingerprint density at radius 2 is 2.89 bits per heavy atom. The average molecular weight is 194 g/mol. The second-order valence-corrected chi connectivity index (χ2v) is 2.05. The lowest BCUT2D eigenvalue weighted by molar-refractivity contribution is 1.02. The molecule has 1 nitrogen and oxygen atoms in total. The fourth-order valence-corrected chi connectivity index (χ4v) is 0.522. The van der Waals surface area contributed by atoms with E-state index >= 15 is 0 Å². The molecule has 0 aromatic carbocycles. The molecule has 0 aliphatic rings. The summed E-state index contributed by atoms with van der Waals surface area (Å²) in [5.74, 6) is 0. The Bertz CT molecular complexity index is 454. The number of pyridine rings is 1. The molecule has 9 heavy (non-hydrogen) atoms. The highest BCUT2D eigenvalue weighted by atomic mass is 79.9. The first-order chi connectivity index (χ1) is 7.50. The van der Waals surface area contributed by atoms with E-state index < -0.39 is 41.6 Å². The van der Waals surface area contributed by atoms with Crippen LogP contribution in [-0.4, -0.2) is 4.98 Å². The third-order valence-electron chi connectivity index (χ3n) is 0.675. The van der Waals surface area contributed by atoms with Crippen molar-refractivity contribution in [2.24, 2.45) is 0 Å². The maximum Gasteiger partial charge on any atom is 0.0840 e. The van der Waals surface area contributed by atoms with Crippen molar-refractivity contribution in [3.05, 3.63) is 30.0 Å². The zero-order chi connectivity index (χ0) is 13.6. The van der Waals surface area contributed by atoms with Gasteiger partial charge in [-0.1, -0.05) is 22.0 Å². The number of halogens is 1. The molecule has 1 aromatic heterocycles. The zero-order valence-corrected chi connectivity index (χ0v) is 5.91. The summed E-state index contributed by atoms with van der Waals surface area (Å²) in [4.78, 5) is 1.08. The van der Waals surface area contributed by atoms with Crippen LogP contribution in [0.15, 0.2) is 24.3 Å². The molecule has 2 heteroatoms. The van der Waals surface area contributed by atoms with Gasteiger partial charge in [0.15, 0.2) is 0 Å². The maximum atomic E-state index is 7.67. The van der Waals surface area contributed by atoms with Crippen LogP contribution >= 0.6 is 15.9 Å². The van der Waals surface area contributed by atoms with E-state index in [0.717, 1.165) is 0 Å². The van der Waals surface area contributed by atoms with Crippen molar-refractivity contribution < 1.29 is 11.0 Å². The van der Waals surface area contributed by atoms with E-state index in [1.807, 2.05) is 0 Å². The summed E-state index contributed by atoms with van der Waals surface area (Å²) in [5.41, 5.74) is -0.552. The van der Waals surface area contributed by atoms with Gasteiger partial charge in [0.2, 0.25) is 0 Å². The van der Waals surface area contributed by atoms with Gasteiger partial charge in [-0.2, -0.15) is 0 Å². The Morgan fingerprint density at radius 1 is 2.00 bits per heavy atom. The van der Waals surface area contributed by atoms with E-state index in [1.54, 1.807) is 0 Å². The first-order valence-corrected chi connectivity index (χ1v) is 2.93. The number of alkyl halides is 1. The Morgan fingerprint density at radius 3 is 3.67 bits per heavy atom. The van der Waals surface area contributed by atoms with Crippen LogP contribution in [0.5, 0.6) is 0 Å². The first-order valence-electron chi connectivity index (χ1n) is 6.14. The van der Waals surface area contributed by atoms with Gasteiger partial charge >= 0.3 is 0 Å². The molecule has 0 aliphatic carbocycles. The molecular formula is C7H8BrN. The lowest BCUT2D eigenvalue weighted by Gasteiger charge is -1.98. The van der Waals surface area contributed by atoms with Crippen LogP contribution in [0.2, 0.25) is 0 Å². The molecule has 1 heterocycles. The summed E-state index contributed by atoms with van der Waals surface area (Å²) in [6.45, 7) is -2.81. The summed E-state index contributed by atoms with van der Waals surface area (Å²) in [6, 6.07) is -1.80. The minimum atomic E-state index is -2.81. The van der Waals surface area contributed by atoms with Crippen molar-refractivity contribution in [2.75, 3.05) is 0 Å². The van der Waals surface area contributed by atoms with Gasteiger partial charge in [-0.25, -0.2) is 0 Å². The molecule has 48 valence electrons. The standard InChI is InChI=1S/C7H8BrN/c1-6(8)7-4-2-3-5-9-7/h2-6H,1H3/i1D3,2D,3D,4D,5D,6D. The number of hydrogen-bond donors (Lipinski definition) is 0. The minimum Gasteiger partial charge on any atom is -0.260 e. The normalized spacial score (nSPS) is 30.8. The smallest absolute Gasteiger partial charge is 0.0840 e. The van der Waals surface area contributed by atoms with Crippen LogP contribution in [0.1, 0.15) is 28.3 Å². The van der Waals surface area contributed by atoms with E-state index in [2.05, 4.69) is 20.9 Å². The van der Waals surface area contributed by atoms with Crippen molar-refractivity contribution in [2.45, 2.75) is 11.7 Å². The SMILES string of the molecule is [2H]c1nc(C([2H])(Br)C([2H])([2H])[2H])c([2H])c([2H])c1[2H]. The number of aromatic nitrogens is 1. The summed E-state index contributed by atoms with van der Waals surface area (Å²) in [7, 11) is 0. The van der Waals surface area contributed by atoms with Gasteiger partial charge in [0.05, 0.1) is 16.0 Å². The van der Waals surface area contributed by atoms with Gasteiger partial charge in [-0.15, -0.1) is 0 Å². The summed E-state index contributed by atoms with van der Waals surface area (Å²) >= 11 is 2.65. The van der Waals surface area contributed by atoms with E-state index in [1.165, 1.54) is 0 Å². The highest BCUT2D eigenvalue weighted by Gasteiger charge is 1.97. The van der Waals surface area contributed by atoms with Crippen molar-refractivity contribution in [1.29, 1.82) is 0 Å². The van der Waals surface area contributed by atoms with Gasteiger partial charge in [0.25, 0.3) is 0 Å². The maximum absolute atomic E-state index is 7.67. The van der Waals surface area contributed by atoms with E-state index in [4.69, 9.17) is 11.0 Å². The largest absolute Gasteiger partial charge is 0.260 e. The molecular weight excluding hydrogens is 178 g/mol. The van der Waals surface area contributed by atoms with Crippen molar-refractivity contribution in [3.8, 4) is 0 Å². The number of rotatable bonds is 1. The predicted molar refractivity (Wildman–Crippen MR) is 41.6 cm³/mol. The molecule has 0 N–H and O–H groups in total. The van der Waals surface area contributed by atoms with Gasteiger partial charge in [0, 0.05) is 11.7 Å². The van der Waals surface area contributed by atoms with E-state index in [-0.39, 0.29) is 0 Å².